The predicted octanol–water partition coefficient (Wildman–Crippen LogP) is 15.8. The van der Waals surface area contributed by atoms with Gasteiger partial charge in [-0.25, -0.2) is 0 Å². The minimum absolute atomic E-state index is 0.0578. The van der Waals surface area contributed by atoms with Crippen LogP contribution < -0.4 is 10.1 Å². The molecule has 0 spiro atoms. The molecule has 1 amide bonds. The molecule has 448 valence electrons. The van der Waals surface area contributed by atoms with E-state index >= 15 is 0 Å². The second kappa shape index (κ2) is 37.4. The maximum absolute atomic E-state index is 14.2. The highest BCUT2D eigenvalue weighted by Gasteiger charge is 2.51. The fourth-order valence-corrected chi connectivity index (χ4v) is 11.1. The maximum atomic E-state index is 14.2. The van der Waals surface area contributed by atoms with E-state index in [9.17, 15) is 4.79 Å². The average Bonchev–Trinajstić information content (AvgIpc) is 3.99. The van der Waals surface area contributed by atoms with Crippen molar-refractivity contribution >= 4 is 5.91 Å². The van der Waals surface area contributed by atoms with E-state index in [-0.39, 0.29) is 31.8 Å². The second-order valence-electron chi connectivity index (χ2n) is 23.1. The smallest absolute Gasteiger partial charge is 0.220 e. The molecule has 5 aromatic rings. The van der Waals surface area contributed by atoms with E-state index in [1.54, 1.807) is 0 Å². The van der Waals surface area contributed by atoms with Crippen molar-refractivity contribution in [1.82, 2.24) is 5.32 Å². The molecule has 5 aromatic carbocycles. The third kappa shape index (κ3) is 23.6. The van der Waals surface area contributed by atoms with Gasteiger partial charge in [0, 0.05) is 6.42 Å². The molecule has 0 bridgehead atoms. The molecule has 1 N–H and O–H groups in total. The molecule has 0 saturated carbocycles. The summed E-state index contributed by atoms with van der Waals surface area (Å²) in [5.41, 5.74) is 5.29. The van der Waals surface area contributed by atoms with Crippen molar-refractivity contribution in [1.29, 1.82) is 0 Å². The van der Waals surface area contributed by atoms with Crippen molar-refractivity contribution in [2.45, 2.75) is 237 Å². The quantitative estimate of drug-likeness (QED) is 0.0380. The van der Waals surface area contributed by atoms with Crippen LogP contribution in [0.3, 0.4) is 0 Å². The van der Waals surface area contributed by atoms with Crippen molar-refractivity contribution in [3.63, 3.8) is 0 Å². The van der Waals surface area contributed by atoms with Crippen LogP contribution in [-0.4, -0.2) is 80.5 Å². The molecule has 2 fully saturated rings. The largest absolute Gasteiger partial charge is 0.494 e. The minimum Gasteiger partial charge on any atom is -0.494 e. The van der Waals surface area contributed by atoms with Gasteiger partial charge < -0.3 is 47.9 Å². The summed E-state index contributed by atoms with van der Waals surface area (Å²) in [6, 6.07) is 48.3. The van der Waals surface area contributed by atoms with Gasteiger partial charge in [-0.2, -0.15) is 0 Å². The van der Waals surface area contributed by atoms with Gasteiger partial charge in [-0.15, -0.1) is 0 Å². The Morgan fingerprint density at radius 1 is 0.500 bits per heavy atom. The first-order valence-corrected chi connectivity index (χ1v) is 31.5. The lowest BCUT2D eigenvalue weighted by Gasteiger charge is -2.46. The highest BCUT2D eigenvalue weighted by molar-refractivity contribution is 5.76. The first-order valence-electron chi connectivity index (χ1n) is 31.5. The molecule has 0 radical (unpaired) electrons. The van der Waals surface area contributed by atoms with E-state index in [2.05, 4.69) is 67.7 Å². The van der Waals surface area contributed by atoms with Crippen LogP contribution in [0, 0.1) is 0 Å². The second-order valence-corrected chi connectivity index (χ2v) is 23.1. The number of carbonyl (C=O) groups excluding carboxylic acids is 1. The summed E-state index contributed by atoms with van der Waals surface area (Å²) in [5.74, 6) is -0.0104. The van der Waals surface area contributed by atoms with Gasteiger partial charge in [-0.05, 0) is 85.9 Å². The summed E-state index contributed by atoms with van der Waals surface area (Å²) in [4.78, 5) is 14.2. The zero-order valence-corrected chi connectivity index (χ0v) is 50.1. The van der Waals surface area contributed by atoms with E-state index in [0.717, 1.165) is 86.0 Å². The Kier molecular flexibility index (Phi) is 29.5. The number of rotatable bonds is 41. The first-order chi connectivity index (χ1) is 40.3. The van der Waals surface area contributed by atoms with Crippen LogP contribution in [0.2, 0.25) is 0 Å². The lowest BCUT2D eigenvalue weighted by atomic mass is 9.97. The summed E-state index contributed by atoms with van der Waals surface area (Å²) in [5, 5.41) is 3.39. The van der Waals surface area contributed by atoms with Crippen LogP contribution in [0.25, 0.3) is 0 Å². The normalized spacial score (nSPS) is 20.9. The van der Waals surface area contributed by atoms with Crippen LogP contribution >= 0.6 is 0 Å². The zero-order chi connectivity index (χ0) is 57.3. The maximum Gasteiger partial charge on any atom is 0.220 e. The Hall–Kier alpha value is -4.95. The molecular formula is C71H99NO10. The van der Waals surface area contributed by atoms with Gasteiger partial charge in [-0.3, -0.25) is 4.79 Å². The van der Waals surface area contributed by atoms with E-state index < -0.39 is 48.6 Å². The van der Waals surface area contributed by atoms with E-state index in [1.807, 2.05) is 111 Å². The lowest BCUT2D eigenvalue weighted by molar-refractivity contribution is -0.329. The number of ether oxygens (including phenoxy) is 9. The Balaban J connectivity index is 1.02. The summed E-state index contributed by atoms with van der Waals surface area (Å²) in [6.45, 7) is 10.6. The van der Waals surface area contributed by atoms with E-state index in [0.29, 0.717) is 26.2 Å². The standard InChI is InChI=1S/C71H99NO10/c1-5-7-9-10-11-12-13-14-15-16-17-33-49-75-61-47-45-56(46-48-61)34-31-32-44-65(73)72-62(66-63(43-22-8-6-2)81-71(3,4)82-66)54-79-70-69(78-53-60-41-29-21-30-42-60)68(77-52-59-39-27-20-28-40-59)67(76-51-58-37-25-19-26-38-58)64(80-70)55-74-50-57-35-23-18-24-36-57/h18-21,23-30,35-42,45-48,62-64,66-70H,5-17,22,31-34,43-44,49-55H2,1-4H3,(H,72,73)/t62-,63+,64?,66-,67?,68?,69?,70?/m0/s1. The number of hydrogen-bond acceptors (Lipinski definition) is 10. The number of carbonyl (C=O) groups is 1. The monoisotopic (exact) mass is 1130 g/mol. The van der Waals surface area contributed by atoms with Gasteiger partial charge >= 0.3 is 0 Å². The van der Waals surface area contributed by atoms with Gasteiger partial charge in [0.05, 0.1) is 58.4 Å². The number of amides is 1. The van der Waals surface area contributed by atoms with Crippen molar-refractivity contribution in [3.05, 3.63) is 173 Å². The molecule has 8 atom stereocenters. The molecule has 5 unspecified atom stereocenters. The van der Waals surface area contributed by atoms with Crippen molar-refractivity contribution in [2.24, 2.45) is 0 Å². The fraction of sp³-hybridized carbons (Fsp3) is 0.563. The topological polar surface area (TPSA) is 112 Å². The molecule has 2 saturated heterocycles. The van der Waals surface area contributed by atoms with Crippen LogP contribution in [0.1, 0.15) is 178 Å². The molecule has 2 heterocycles. The van der Waals surface area contributed by atoms with Gasteiger partial charge in [0.1, 0.15) is 36.3 Å². The fourth-order valence-electron chi connectivity index (χ4n) is 11.1. The molecule has 0 aliphatic carbocycles. The summed E-state index contributed by atoms with van der Waals surface area (Å²) in [7, 11) is 0. The third-order valence-corrected chi connectivity index (χ3v) is 15.6. The molecular weight excluding hydrogens is 1030 g/mol. The Labute approximate surface area is 492 Å². The highest BCUT2D eigenvalue weighted by Crippen LogP contribution is 2.36. The first kappa shape index (κ1) is 64.6. The minimum atomic E-state index is -0.967. The van der Waals surface area contributed by atoms with E-state index in [4.69, 9.17) is 42.6 Å². The molecule has 11 heteroatoms. The van der Waals surface area contributed by atoms with E-state index in [1.165, 1.54) is 76.2 Å². The Morgan fingerprint density at radius 3 is 1.56 bits per heavy atom. The Morgan fingerprint density at radius 2 is 1.00 bits per heavy atom. The summed E-state index contributed by atoms with van der Waals surface area (Å²) in [6.07, 6.45) is 18.2. The average molecular weight is 1130 g/mol. The van der Waals surface area contributed by atoms with Gasteiger partial charge in [0.15, 0.2) is 12.1 Å². The van der Waals surface area contributed by atoms with Crippen molar-refractivity contribution in [3.8, 4) is 5.75 Å². The number of aryl methyl sites for hydroxylation is 1. The zero-order valence-electron chi connectivity index (χ0n) is 50.1. The van der Waals surface area contributed by atoms with Crippen LogP contribution in [0.4, 0.5) is 0 Å². The third-order valence-electron chi connectivity index (χ3n) is 15.6. The summed E-state index contributed by atoms with van der Waals surface area (Å²) < 4.78 is 61.0. The number of unbranched alkanes of at least 4 members (excludes halogenated alkanes) is 14. The van der Waals surface area contributed by atoms with Crippen molar-refractivity contribution < 1.29 is 47.4 Å². The van der Waals surface area contributed by atoms with Gasteiger partial charge in [0.25, 0.3) is 0 Å². The van der Waals surface area contributed by atoms with Crippen molar-refractivity contribution in [2.75, 3.05) is 19.8 Å². The molecule has 0 aromatic heterocycles. The number of nitrogens with one attached hydrogen (secondary N) is 1. The van der Waals surface area contributed by atoms with Crippen LogP contribution in [0.5, 0.6) is 5.75 Å². The number of hydrogen-bond donors (Lipinski definition) is 1. The molecule has 82 heavy (non-hydrogen) atoms. The number of benzene rings is 5. The van der Waals surface area contributed by atoms with Crippen LogP contribution in [0.15, 0.2) is 146 Å². The summed E-state index contributed by atoms with van der Waals surface area (Å²) >= 11 is 0. The Bertz CT molecular complexity index is 2410. The van der Waals surface area contributed by atoms with Gasteiger partial charge in [-0.1, -0.05) is 237 Å². The van der Waals surface area contributed by atoms with Gasteiger partial charge in [0.2, 0.25) is 5.91 Å². The lowest BCUT2D eigenvalue weighted by Crippen LogP contribution is -2.62. The molecule has 11 nitrogen and oxygen atoms in total. The molecule has 2 aliphatic rings. The SMILES string of the molecule is CCCCCCCCCCCCCCOc1ccc(CCCCC(=O)N[C@@H](COC2OC(COCc3ccccc3)C(OCc3ccccc3)C(OCc3ccccc3)C2OCc2ccccc2)[C@@H]2OC(C)(C)O[C@@H]2CCCCC)cc1. The highest BCUT2D eigenvalue weighted by atomic mass is 16.8. The van der Waals surface area contributed by atoms with Crippen LogP contribution in [-0.2, 0) is 75.5 Å². The molecule has 2 aliphatic heterocycles. The molecule has 7 rings (SSSR count). The predicted molar refractivity (Wildman–Crippen MR) is 326 cm³/mol.